The number of methoxy groups -OCH3 is 1. The van der Waals surface area contributed by atoms with Gasteiger partial charge in [0.2, 0.25) is 11.8 Å². The number of amides is 3. The molecule has 4 rings (SSSR count). The molecule has 2 heterocycles. The van der Waals surface area contributed by atoms with Crippen LogP contribution in [0.2, 0.25) is 0 Å². The van der Waals surface area contributed by atoms with Crippen molar-refractivity contribution in [2.45, 2.75) is 51.2 Å². The van der Waals surface area contributed by atoms with Gasteiger partial charge in [0.1, 0.15) is 17.8 Å². The van der Waals surface area contributed by atoms with E-state index in [4.69, 9.17) is 4.74 Å². The topological polar surface area (TPSA) is 79.0 Å². The molecule has 0 aliphatic carbocycles. The quantitative estimate of drug-likeness (QED) is 0.736. The second-order valence-electron chi connectivity index (χ2n) is 8.73. The maximum absolute atomic E-state index is 13.5. The summed E-state index contributed by atoms with van der Waals surface area (Å²) in [6.45, 7) is 3.38. The maximum Gasteiger partial charge on any atom is 0.254 e. The smallest absolute Gasteiger partial charge is 0.254 e. The molecule has 3 amide bonds. The number of hydrogen-bond acceptors (Lipinski definition) is 4. The van der Waals surface area contributed by atoms with Gasteiger partial charge in [-0.25, -0.2) is 0 Å². The Kier molecular flexibility index (Phi) is 6.96. The first-order chi connectivity index (χ1) is 16.0. The normalized spacial score (nSPS) is 20.1. The van der Waals surface area contributed by atoms with E-state index in [-0.39, 0.29) is 17.7 Å². The van der Waals surface area contributed by atoms with Crippen LogP contribution in [0.4, 0.5) is 0 Å². The Morgan fingerprint density at radius 1 is 0.970 bits per heavy atom. The molecule has 2 saturated heterocycles. The molecule has 7 nitrogen and oxygen atoms in total. The molecule has 174 valence electrons. The van der Waals surface area contributed by atoms with E-state index in [1.165, 1.54) is 0 Å². The van der Waals surface area contributed by atoms with Crippen LogP contribution < -0.4 is 10.1 Å². The molecule has 7 heteroatoms. The van der Waals surface area contributed by atoms with Gasteiger partial charge >= 0.3 is 0 Å². The Balaban J connectivity index is 1.42. The van der Waals surface area contributed by atoms with E-state index >= 15 is 0 Å². The number of likely N-dealkylation sites (tertiary alicyclic amines) is 2. The zero-order valence-corrected chi connectivity index (χ0v) is 19.3. The van der Waals surface area contributed by atoms with Gasteiger partial charge in [0.15, 0.2) is 0 Å². The van der Waals surface area contributed by atoms with Gasteiger partial charge in [-0.2, -0.15) is 0 Å². The van der Waals surface area contributed by atoms with Crippen LogP contribution in [0.1, 0.15) is 47.2 Å². The number of rotatable bonds is 6. The molecule has 2 atom stereocenters. The van der Waals surface area contributed by atoms with Crippen LogP contribution in [0.5, 0.6) is 5.75 Å². The van der Waals surface area contributed by atoms with E-state index in [2.05, 4.69) is 5.32 Å². The summed E-state index contributed by atoms with van der Waals surface area (Å²) in [5, 5.41) is 2.97. The summed E-state index contributed by atoms with van der Waals surface area (Å²) < 4.78 is 5.24. The lowest BCUT2D eigenvalue weighted by Gasteiger charge is -2.31. The van der Waals surface area contributed by atoms with E-state index in [9.17, 15) is 14.4 Å². The number of aryl methyl sites for hydroxylation is 1. The molecule has 0 unspecified atom stereocenters. The second-order valence-corrected chi connectivity index (χ2v) is 8.73. The number of carbonyl (C=O) groups is 3. The summed E-state index contributed by atoms with van der Waals surface area (Å²) in [4.78, 5) is 43.0. The van der Waals surface area contributed by atoms with Crippen molar-refractivity contribution in [3.63, 3.8) is 0 Å². The molecule has 0 spiro atoms. The van der Waals surface area contributed by atoms with Crippen LogP contribution in [-0.4, -0.2) is 59.8 Å². The summed E-state index contributed by atoms with van der Waals surface area (Å²) in [6.07, 6.45) is 2.83. The first-order valence-electron chi connectivity index (χ1n) is 11.6. The van der Waals surface area contributed by atoms with Gasteiger partial charge in [0, 0.05) is 25.2 Å². The van der Waals surface area contributed by atoms with Crippen LogP contribution in [0.15, 0.2) is 48.5 Å². The Labute approximate surface area is 194 Å². The van der Waals surface area contributed by atoms with Gasteiger partial charge < -0.3 is 19.9 Å². The molecule has 0 saturated carbocycles. The molecule has 0 radical (unpaired) electrons. The van der Waals surface area contributed by atoms with E-state index in [0.717, 1.165) is 29.7 Å². The van der Waals surface area contributed by atoms with Crippen molar-refractivity contribution < 1.29 is 19.1 Å². The lowest BCUT2D eigenvalue weighted by Crippen LogP contribution is -2.52. The van der Waals surface area contributed by atoms with Crippen molar-refractivity contribution in [3.8, 4) is 5.75 Å². The zero-order valence-electron chi connectivity index (χ0n) is 19.3. The highest BCUT2D eigenvalue weighted by Crippen LogP contribution is 2.27. The molecule has 33 heavy (non-hydrogen) atoms. The SMILES string of the molecule is COc1cccc(CNC(=O)[C@@H]2CCCN2C(=O)[C@@H]2CCCN2C(=O)c2ccccc2C)c1. The number of nitrogens with zero attached hydrogens (tertiary/aromatic N) is 2. The fourth-order valence-electron chi connectivity index (χ4n) is 4.82. The fourth-order valence-corrected chi connectivity index (χ4v) is 4.82. The molecular formula is C26H31N3O4. The number of nitrogens with one attached hydrogen (secondary N) is 1. The summed E-state index contributed by atoms with van der Waals surface area (Å²) in [6, 6.07) is 14.0. The van der Waals surface area contributed by atoms with Gasteiger partial charge in [-0.15, -0.1) is 0 Å². The highest BCUT2D eigenvalue weighted by molar-refractivity contribution is 5.99. The number of benzene rings is 2. The Bertz CT molecular complexity index is 1040. The molecule has 0 aromatic heterocycles. The monoisotopic (exact) mass is 449 g/mol. The molecule has 0 bridgehead atoms. The lowest BCUT2D eigenvalue weighted by atomic mass is 10.1. The van der Waals surface area contributed by atoms with Crippen molar-refractivity contribution in [3.05, 3.63) is 65.2 Å². The van der Waals surface area contributed by atoms with Crippen molar-refractivity contribution in [1.82, 2.24) is 15.1 Å². The van der Waals surface area contributed by atoms with Crippen molar-refractivity contribution in [1.29, 1.82) is 0 Å². The van der Waals surface area contributed by atoms with E-state index < -0.39 is 12.1 Å². The highest BCUT2D eigenvalue weighted by atomic mass is 16.5. The molecule has 2 aromatic rings. The van der Waals surface area contributed by atoms with Gasteiger partial charge in [0.05, 0.1) is 7.11 Å². The molecule has 2 aliphatic heterocycles. The molecule has 2 aromatic carbocycles. The Morgan fingerprint density at radius 2 is 1.70 bits per heavy atom. The number of hydrogen-bond donors (Lipinski definition) is 1. The molecule has 2 aliphatic rings. The first kappa shape index (κ1) is 22.8. The van der Waals surface area contributed by atoms with Crippen LogP contribution >= 0.6 is 0 Å². The molecule has 2 fully saturated rings. The molecule has 1 N–H and O–H groups in total. The predicted molar refractivity (Wildman–Crippen MR) is 125 cm³/mol. The average Bonchev–Trinajstić information content (AvgIpc) is 3.52. The van der Waals surface area contributed by atoms with E-state index in [1.807, 2.05) is 55.5 Å². The van der Waals surface area contributed by atoms with Crippen LogP contribution in [0, 0.1) is 6.92 Å². The summed E-state index contributed by atoms with van der Waals surface area (Å²) >= 11 is 0. The standard InChI is InChI=1S/C26H31N3O4/c1-18-8-3-4-11-21(18)25(31)29-15-7-13-23(29)26(32)28-14-6-12-22(28)24(30)27-17-19-9-5-10-20(16-19)33-2/h3-5,8-11,16,22-23H,6-7,12-15,17H2,1-2H3,(H,27,30)/t22-,23-/m0/s1. The van der Waals surface area contributed by atoms with E-state index in [0.29, 0.717) is 38.0 Å². The third-order valence-electron chi connectivity index (χ3n) is 6.61. The zero-order chi connectivity index (χ0) is 23.4. The van der Waals surface area contributed by atoms with Crippen molar-refractivity contribution >= 4 is 17.7 Å². The van der Waals surface area contributed by atoms with Crippen LogP contribution in [0.25, 0.3) is 0 Å². The Hall–Kier alpha value is -3.35. The summed E-state index contributed by atoms with van der Waals surface area (Å²) in [5.74, 6) is 0.355. The predicted octanol–water partition coefficient (Wildman–Crippen LogP) is 2.92. The Morgan fingerprint density at radius 3 is 2.45 bits per heavy atom. The lowest BCUT2D eigenvalue weighted by molar-refractivity contribution is -0.141. The van der Waals surface area contributed by atoms with Gasteiger partial charge in [0.25, 0.3) is 5.91 Å². The minimum atomic E-state index is -0.510. The van der Waals surface area contributed by atoms with Crippen LogP contribution in [0.3, 0.4) is 0 Å². The third-order valence-corrected chi connectivity index (χ3v) is 6.61. The van der Waals surface area contributed by atoms with Crippen molar-refractivity contribution in [2.24, 2.45) is 0 Å². The largest absolute Gasteiger partial charge is 0.497 e. The highest BCUT2D eigenvalue weighted by Gasteiger charge is 2.42. The summed E-state index contributed by atoms with van der Waals surface area (Å²) in [7, 11) is 1.61. The fraction of sp³-hybridized carbons (Fsp3) is 0.423. The maximum atomic E-state index is 13.5. The minimum Gasteiger partial charge on any atom is -0.497 e. The van der Waals surface area contributed by atoms with Gasteiger partial charge in [-0.3, -0.25) is 14.4 Å². The molecular weight excluding hydrogens is 418 g/mol. The first-order valence-corrected chi connectivity index (χ1v) is 11.6. The summed E-state index contributed by atoms with van der Waals surface area (Å²) in [5.41, 5.74) is 2.46. The number of carbonyl (C=O) groups excluding carboxylic acids is 3. The van der Waals surface area contributed by atoms with Gasteiger partial charge in [-0.1, -0.05) is 30.3 Å². The van der Waals surface area contributed by atoms with E-state index in [1.54, 1.807) is 16.9 Å². The number of ether oxygens (including phenoxy) is 1. The van der Waals surface area contributed by atoms with Crippen molar-refractivity contribution in [2.75, 3.05) is 20.2 Å². The van der Waals surface area contributed by atoms with Crippen LogP contribution in [-0.2, 0) is 16.1 Å². The van der Waals surface area contributed by atoms with Gasteiger partial charge in [-0.05, 0) is 61.9 Å². The second kappa shape index (κ2) is 10.1. The average molecular weight is 450 g/mol. The third kappa shape index (κ3) is 4.87. The minimum absolute atomic E-state index is 0.109.